The summed E-state index contributed by atoms with van der Waals surface area (Å²) in [5, 5.41) is 0. The first-order valence-electron chi connectivity index (χ1n) is 4.58. The van der Waals surface area contributed by atoms with Crippen LogP contribution in [0.15, 0.2) is 22.9 Å². The molecule has 0 aromatic carbocycles. The summed E-state index contributed by atoms with van der Waals surface area (Å²) in [4.78, 5) is 24.4. The molecule has 1 aliphatic rings. The van der Waals surface area contributed by atoms with E-state index in [1.807, 2.05) is 18.9 Å². The Balaban J connectivity index is 3.16. The van der Waals surface area contributed by atoms with Gasteiger partial charge in [0.2, 0.25) is 0 Å². The number of carbonyl (C=O) groups excluding carboxylic acids is 2. The molecule has 0 atom stereocenters. The molecule has 3 heteroatoms. The largest absolute Gasteiger partial charge is 0.373 e. The summed E-state index contributed by atoms with van der Waals surface area (Å²) in [6.07, 6.45) is 1.71. The highest BCUT2D eigenvalue weighted by Crippen LogP contribution is 2.20. The molecule has 76 valence electrons. The van der Waals surface area contributed by atoms with E-state index < -0.39 is 0 Å². The Kier molecular flexibility index (Phi) is 2.89. The highest BCUT2D eigenvalue weighted by molar-refractivity contribution is 6.01. The second-order valence-corrected chi connectivity index (χ2v) is 3.64. The van der Waals surface area contributed by atoms with Crippen LogP contribution < -0.4 is 0 Å². The van der Waals surface area contributed by atoms with Gasteiger partial charge in [-0.1, -0.05) is 0 Å². The van der Waals surface area contributed by atoms with E-state index in [0.717, 1.165) is 5.70 Å². The van der Waals surface area contributed by atoms with Gasteiger partial charge in [0.15, 0.2) is 11.6 Å². The molecule has 0 amide bonds. The average Bonchev–Trinajstić information content (AvgIpc) is 2.08. The molecular weight excluding hydrogens is 178 g/mol. The Hall–Kier alpha value is -1.38. The zero-order valence-electron chi connectivity index (χ0n) is 9.05. The Bertz CT molecular complexity index is 350. The number of Topliss-reactive ketones (excluding diaryl/α,β-unsaturated/α-hetero) is 2. The first kappa shape index (κ1) is 10.7. The smallest absolute Gasteiger partial charge is 0.161 e. The van der Waals surface area contributed by atoms with Gasteiger partial charge >= 0.3 is 0 Å². The summed E-state index contributed by atoms with van der Waals surface area (Å²) >= 11 is 0. The van der Waals surface area contributed by atoms with Crippen LogP contribution in [-0.2, 0) is 9.59 Å². The van der Waals surface area contributed by atoms with Crippen LogP contribution >= 0.6 is 0 Å². The number of likely N-dealkylation sites (N-methyl/N-ethyl adjacent to an activating group) is 1. The van der Waals surface area contributed by atoms with Gasteiger partial charge in [-0.15, -0.1) is 0 Å². The monoisotopic (exact) mass is 193 g/mol. The zero-order chi connectivity index (χ0) is 10.9. The summed E-state index contributed by atoms with van der Waals surface area (Å²) in [5.41, 5.74) is 2.27. The minimum Gasteiger partial charge on any atom is -0.373 e. The molecule has 1 heterocycles. The van der Waals surface area contributed by atoms with Gasteiger partial charge in [0.25, 0.3) is 0 Å². The number of ketones is 2. The molecule has 0 aromatic rings. The third kappa shape index (κ3) is 1.92. The normalized spacial score (nSPS) is 16.9. The maximum Gasteiger partial charge on any atom is 0.161 e. The van der Waals surface area contributed by atoms with E-state index in [0.29, 0.717) is 17.7 Å². The van der Waals surface area contributed by atoms with Gasteiger partial charge in [0, 0.05) is 30.4 Å². The number of allylic oxidation sites excluding steroid dienone is 3. The predicted molar refractivity (Wildman–Crippen MR) is 54.8 cm³/mol. The fraction of sp³-hybridized carbons (Fsp3) is 0.455. The van der Waals surface area contributed by atoms with E-state index in [2.05, 4.69) is 0 Å². The first-order chi connectivity index (χ1) is 6.43. The van der Waals surface area contributed by atoms with Crippen molar-refractivity contribution < 1.29 is 9.59 Å². The standard InChI is InChI=1S/C11H15NO2/c1-7-11(9(3)14)5-10(8(2)13)6-12(7)4/h5H,6H2,1-4H3. The van der Waals surface area contributed by atoms with Crippen molar-refractivity contribution in [3.63, 3.8) is 0 Å². The van der Waals surface area contributed by atoms with Gasteiger partial charge in [0.05, 0.1) is 0 Å². The van der Waals surface area contributed by atoms with Gasteiger partial charge in [-0.25, -0.2) is 0 Å². The summed E-state index contributed by atoms with van der Waals surface area (Å²) in [5.74, 6) is 0.0379. The Labute approximate surface area is 84.1 Å². The fourth-order valence-electron chi connectivity index (χ4n) is 1.47. The van der Waals surface area contributed by atoms with Crippen molar-refractivity contribution in [1.29, 1.82) is 0 Å². The molecule has 1 aliphatic heterocycles. The molecule has 1 rings (SSSR count). The molecule has 0 aliphatic carbocycles. The molecule has 14 heavy (non-hydrogen) atoms. The summed E-state index contributed by atoms with van der Waals surface area (Å²) < 4.78 is 0. The van der Waals surface area contributed by atoms with E-state index in [4.69, 9.17) is 0 Å². The lowest BCUT2D eigenvalue weighted by Gasteiger charge is -2.26. The predicted octanol–water partition coefficient (Wildman–Crippen LogP) is 1.31. The third-order valence-corrected chi connectivity index (χ3v) is 2.52. The number of carbonyl (C=O) groups is 2. The molecule has 0 radical (unpaired) electrons. The third-order valence-electron chi connectivity index (χ3n) is 2.52. The number of hydrogen-bond donors (Lipinski definition) is 0. The molecule has 0 saturated carbocycles. The number of nitrogens with zero attached hydrogens (tertiary/aromatic N) is 1. The van der Waals surface area contributed by atoms with Crippen molar-refractivity contribution in [3.05, 3.63) is 22.9 Å². The van der Waals surface area contributed by atoms with Crippen molar-refractivity contribution in [2.75, 3.05) is 13.6 Å². The number of hydrogen-bond acceptors (Lipinski definition) is 3. The highest BCUT2D eigenvalue weighted by Gasteiger charge is 2.19. The molecular formula is C11H15NO2. The van der Waals surface area contributed by atoms with Crippen molar-refractivity contribution in [1.82, 2.24) is 4.90 Å². The van der Waals surface area contributed by atoms with Gasteiger partial charge in [0.1, 0.15) is 0 Å². The molecule has 3 nitrogen and oxygen atoms in total. The van der Waals surface area contributed by atoms with Gasteiger partial charge < -0.3 is 4.90 Å². The summed E-state index contributed by atoms with van der Waals surface area (Å²) in [7, 11) is 1.88. The lowest BCUT2D eigenvalue weighted by molar-refractivity contribution is -0.113. The molecule has 0 bridgehead atoms. The molecule has 0 aromatic heterocycles. The molecule has 0 N–H and O–H groups in total. The van der Waals surface area contributed by atoms with E-state index in [-0.39, 0.29) is 11.6 Å². The molecule has 0 saturated heterocycles. The maximum atomic E-state index is 11.3. The van der Waals surface area contributed by atoms with Crippen molar-refractivity contribution in [2.45, 2.75) is 20.8 Å². The summed E-state index contributed by atoms with van der Waals surface area (Å²) in [6, 6.07) is 0. The first-order valence-corrected chi connectivity index (χ1v) is 4.58. The van der Waals surface area contributed by atoms with Crippen molar-refractivity contribution >= 4 is 11.6 Å². The van der Waals surface area contributed by atoms with Crippen LogP contribution in [0.5, 0.6) is 0 Å². The minimum absolute atomic E-state index is 0.00722. The van der Waals surface area contributed by atoms with Crippen LogP contribution in [0.1, 0.15) is 20.8 Å². The zero-order valence-corrected chi connectivity index (χ0v) is 9.05. The molecule has 0 fully saturated rings. The van der Waals surface area contributed by atoms with Crippen molar-refractivity contribution in [3.8, 4) is 0 Å². The van der Waals surface area contributed by atoms with Crippen LogP contribution in [0.2, 0.25) is 0 Å². The Morgan fingerprint density at radius 3 is 2.29 bits per heavy atom. The quantitative estimate of drug-likeness (QED) is 0.663. The molecule has 0 spiro atoms. The van der Waals surface area contributed by atoms with Crippen LogP contribution in [0.4, 0.5) is 0 Å². The minimum atomic E-state index is 0.00722. The molecule has 0 unspecified atom stereocenters. The fourth-order valence-corrected chi connectivity index (χ4v) is 1.47. The SMILES string of the molecule is CC(=O)C1=CC(C(C)=O)=C(C)N(C)C1. The highest BCUT2D eigenvalue weighted by atomic mass is 16.1. The van der Waals surface area contributed by atoms with Crippen LogP contribution in [-0.4, -0.2) is 30.1 Å². The van der Waals surface area contributed by atoms with Crippen molar-refractivity contribution in [2.24, 2.45) is 0 Å². The van der Waals surface area contributed by atoms with Gasteiger partial charge in [-0.2, -0.15) is 0 Å². The van der Waals surface area contributed by atoms with E-state index in [1.54, 1.807) is 6.08 Å². The lowest BCUT2D eigenvalue weighted by atomic mass is 9.99. The maximum absolute atomic E-state index is 11.3. The topological polar surface area (TPSA) is 37.4 Å². The number of rotatable bonds is 2. The summed E-state index contributed by atoms with van der Waals surface area (Å²) in [6.45, 7) is 5.53. The lowest BCUT2D eigenvalue weighted by Crippen LogP contribution is -2.27. The van der Waals surface area contributed by atoms with E-state index in [9.17, 15) is 9.59 Å². The van der Waals surface area contributed by atoms with Crippen LogP contribution in [0, 0.1) is 0 Å². The second kappa shape index (κ2) is 3.78. The Morgan fingerprint density at radius 2 is 1.86 bits per heavy atom. The van der Waals surface area contributed by atoms with Gasteiger partial charge in [-0.05, 0) is 26.8 Å². The van der Waals surface area contributed by atoms with E-state index >= 15 is 0 Å². The second-order valence-electron chi connectivity index (χ2n) is 3.64. The Morgan fingerprint density at radius 1 is 1.29 bits per heavy atom. The van der Waals surface area contributed by atoms with Crippen LogP contribution in [0.3, 0.4) is 0 Å². The van der Waals surface area contributed by atoms with E-state index in [1.165, 1.54) is 13.8 Å². The average molecular weight is 193 g/mol. The van der Waals surface area contributed by atoms with Crippen LogP contribution in [0.25, 0.3) is 0 Å². The van der Waals surface area contributed by atoms with Gasteiger partial charge in [-0.3, -0.25) is 9.59 Å².